The molecular weight excluding hydrogens is 224 g/mol. The third kappa shape index (κ3) is 7.70. The molecule has 0 aromatic heterocycles. The van der Waals surface area contributed by atoms with Crippen LogP contribution < -0.4 is 10.6 Å². The predicted molar refractivity (Wildman–Crippen MR) is 63.4 cm³/mol. The third-order valence-electron chi connectivity index (χ3n) is 2.03. The van der Waals surface area contributed by atoms with Gasteiger partial charge in [-0.25, -0.2) is 0 Å². The zero-order valence-electron chi connectivity index (χ0n) is 10.5. The summed E-state index contributed by atoms with van der Waals surface area (Å²) >= 11 is 0. The molecule has 1 unspecified atom stereocenters. The summed E-state index contributed by atoms with van der Waals surface area (Å²) in [6.07, 6.45) is 0.116. The van der Waals surface area contributed by atoms with Crippen molar-refractivity contribution in [3.63, 3.8) is 0 Å². The minimum absolute atomic E-state index is 0.122. The number of aliphatic hydroxyl groups excluding tert-OH is 1. The van der Waals surface area contributed by atoms with Crippen molar-refractivity contribution in [3.05, 3.63) is 0 Å². The second-order valence-electron chi connectivity index (χ2n) is 3.54. The Bertz CT molecular complexity index is 234. The highest BCUT2D eigenvalue weighted by molar-refractivity contribution is 5.81. The van der Waals surface area contributed by atoms with Gasteiger partial charge >= 0.3 is 0 Å². The molecule has 0 aromatic carbocycles. The van der Waals surface area contributed by atoms with Crippen LogP contribution in [0, 0.1) is 0 Å². The predicted octanol–water partition coefficient (Wildman–Crippen LogP) is -0.584. The normalized spacial score (nSPS) is 11.9. The molecule has 0 spiro atoms. The number of hydrogen-bond donors (Lipinski definition) is 3. The van der Waals surface area contributed by atoms with E-state index in [-0.39, 0.29) is 31.4 Å². The largest absolute Gasteiger partial charge is 0.393 e. The monoisotopic (exact) mass is 246 g/mol. The lowest BCUT2D eigenvalue weighted by Crippen LogP contribution is -2.39. The quantitative estimate of drug-likeness (QED) is 0.508. The summed E-state index contributed by atoms with van der Waals surface area (Å²) in [5.41, 5.74) is 0. The number of amides is 2. The highest BCUT2D eigenvalue weighted by Crippen LogP contribution is 1.94. The van der Waals surface area contributed by atoms with Crippen LogP contribution >= 0.6 is 0 Å². The molecule has 0 aromatic rings. The van der Waals surface area contributed by atoms with E-state index in [2.05, 4.69) is 10.6 Å². The van der Waals surface area contributed by atoms with E-state index >= 15 is 0 Å². The van der Waals surface area contributed by atoms with Crippen LogP contribution in [-0.2, 0) is 14.3 Å². The Morgan fingerprint density at radius 1 is 1.29 bits per heavy atom. The maximum absolute atomic E-state index is 11.4. The molecule has 17 heavy (non-hydrogen) atoms. The average molecular weight is 246 g/mol. The standard InChI is InChI=1S/C11H22N2O4/c1-3-6-13-11(16)9(8-14)17-7-5-10(15)12-4-2/h9,14H,3-8H2,1-2H3,(H,12,15)(H,13,16). The van der Waals surface area contributed by atoms with Gasteiger partial charge in [-0.2, -0.15) is 0 Å². The van der Waals surface area contributed by atoms with Gasteiger partial charge in [-0.3, -0.25) is 9.59 Å². The van der Waals surface area contributed by atoms with Crippen molar-refractivity contribution in [2.45, 2.75) is 32.8 Å². The number of ether oxygens (including phenoxy) is 1. The van der Waals surface area contributed by atoms with E-state index in [1.54, 1.807) is 0 Å². The van der Waals surface area contributed by atoms with Gasteiger partial charge in [-0.1, -0.05) is 6.92 Å². The van der Waals surface area contributed by atoms with Crippen molar-refractivity contribution in [1.29, 1.82) is 0 Å². The van der Waals surface area contributed by atoms with E-state index in [0.29, 0.717) is 13.1 Å². The Labute approximate surface area is 102 Å². The van der Waals surface area contributed by atoms with E-state index in [1.807, 2.05) is 13.8 Å². The summed E-state index contributed by atoms with van der Waals surface area (Å²) in [4.78, 5) is 22.5. The number of nitrogens with one attached hydrogen (secondary N) is 2. The molecule has 0 radical (unpaired) electrons. The number of carbonyl (C=O) groups excluding carboxylic acids is 2. The van der Waals surface area contributed by atoms with Gasteiger partial charge in [0, 0.05) is 19.5 Å². The van der Waals surface area contributed by atoms with Crippen LogP contribution in [0.3, 0.4) is 0 Å². The van der Waals surface area contributed by atoms with Gasteiger partial charge in [0.15, 0.2) is 6.10 Å². The molecule has 3 N–H and O–H groups in total. The Balaban J connectivity index is 3.81. The van der Waals surface area contributed by atoms with Crippen LogP contribution in [0.1, 0.15) is 26.7 Å². The Kier molecular flexibility index (Phi) is 9.37. The lowest BCUT2D eigenvalue weighted by Gasteiger charge is -2.14. The molecule has 0 heterocycles. The summed E-state index contributed by atoms with van der Waals surface area (Å²) < 4.78 is 5.14. The molecule has 6 nitrogen and oxygen atoms in total. The second kappa shape index (κ2) is 10.0. The Morgan fingerprint density at radius 3 is 2.53 bits per heavy atom. The van der Waals surface area contributed by atoms with Gasteiger partial charge < -0.3 is 20.5 Å². The first-order chi connectivity index (χ1) is 8.15. The number of aliphatic hydroxyl groups is 1. The summed E-state index contributed by atoms with van der Waals surface area (Å²) in [5.74, 6) is -0.469. The molecule has 0 aliphatic rings. The maximum atomic E-state index is 11.4. The third-order valence-corrected chi connectivity index (χ3v) is 2.03. The van der Waals surface area contributed by atoms with Crippen molar-refractivity contribution in [1.82, 2.24) is 10.6 Å². The highest BCUT2D eigenvalue weighted by atomic mass is 16.5. The molecule has 0 fully saturated rings. The van der Waals surface area contributed by atoms with Gasteiger partial charge in [0.1, 0.15) is 0 Å². The van der Waals surface area contributed by atoms with Crippen LogP contribution in [0.4, 0.5) is 0 Å². The first kappa shape index (κ1) is 15.9. The van der Waals surface area contributed by atoms with Crippen LogP contribution in [0.15, 0.2) is 0 Å². The first-order valence-electron chi connectivity index (χ1n) is 5.92. The molecule has 0 bridgehead atoms. The highest BCUT2D eigenvalue weighted by Gasteiger charge is 2.17. The van der Waals surface area contributed by atoms with Crippen molar-refractivity contribution < 1.29 is 19.4 Å². The topological polar surface area (TPSA) is 87.7 Å². The van der Waals surface area contributed by atoms with E-state index in [0.717, 1.165) is 6.42 Å². The second-order valence-corrected chi connectivity index (χ2v) is 3.54. The van der Waals surface area contributed by atoms with E-state index in [9.17, 15) is 9.59 Å². The lowest BCUT2D eigenvalue weighted by molar-refractivity contribution is -0.137. The average Bonchev–Trinajstić information content (AvgIpc) is 2.32. The van der Waals surface area contributed by atoms with Crippen LogP contribution in [0.5, 0.6) is 0 Å². The number of hydrogen-bond acceptors (Lipinski definition) is 4. The molecule has 2 amide bonds. The Morgan fingerprint density at radius 2 is 2.00 bits per heavy atom. The summed E-state index contributed by atoms with van der Waals surface area (Å²) in [6.45, 7) is 4.62. The molecule has 1 atom stereocenters. The smallest absolute Gasteiger partial charge is 0.251 e. The fourth-order valence-electron chi connectivity index (χ4n) is 1.15. The van der Waals surface area contributed by atoms with Crippen molar-refractivity contribution in [2.75, 3.05) is 26.3 Å². The van der Waals surface area contributed by atoms with Crippen molar-refractivity contribution in [3.8, 4) is 0 Å². The van der Waals surface area contributed by atoms with E-state index < -0.39 is 6.10 Å². The minimum Gasteiger partial charge on any atom is -0.393 e. The van der Waals surface area contributed by atoms with Gasteiger partial charge in [-0.15, -0.1) is 0 Å². The fraction of sp³-hybridized carbons (Fsp3) is 0.818. The molecule has 100 valence electrons. The van der Waals surface area contributed by atoms with Gasteiger partial charge in [0.2, 0.25) is 5.91 Å². The number of carbonyl (C=O) groups is 2. The minimum atomic E-state index is -0.893. The molecule has 0 aliphatic carbocycles. The molecule has 0 saturated carbocycles. The van der Waals surface area contributed by atoms with Crippen molar-refractivity contribution >= 4 is 11.8 Å². The lowest BCUT2D eigenvalue weighted by atomic mass is 10.3. The fourth-order valence-corrected chi connectivity index (χ4v) is 1.15. The summed E-state index contributed by atoms with van der Waals surface area (Å²) in [6, 6.07) is 0. The van der Waals surface area contributed by atoms with Gasteiger partial charge in [-0.05, 0) is 13.3 Å². The maximum Gasteiger partial charge on any atom is 0.251 e. The molecule has 0 saturated heterocycles. The molecule has 6 heteroatoms. The molecular formula is C11H22N2O4. The van der Waals surface area contributed by atoms with Crippen LogP contribution in [0.25, 0.3) is 0 Å². The van der Waals surface area contributed by atoms with Gasteiger partial charge in [0.05, 0.1) is 13.2 Å². The first-order valence-corrected chi connectivity index (χ1v) is 5.92. The van der Waals surface area contributed by atoms with Gasteiger partial charge in [0.25, 0.3) is 5.91 Å². The zero-order chi connectivity index (χ0) is 13.1. The van der Waals surface area contributed by atoms with E-state index in [4.69, 9.17) is 9.84 Å². The van der Waals surface area contributed by atoms with Crippen LogP contribution in [-0.4, -0.2) is 49.3 Å². The van der Waals surface area contributed by atoms with Crippen LogP contribution in [0.2, 0.25) is 0 Å². The zero-order valence-corrected chi connectivity index (χ0v) is 10.5. The molecule has 0 rings (SSSR count). The SMILES string of the molecule is CCCNC(=O)C(CO)OCCC(=O)NCC. The summed E-state index contributed by atoms with van der Waals surface area (Å²) in [5, 5.41) is 14.2. The molecule has 0 aliphatic heterocycles. The Hall–Kier alpha value is -1.14. The summed E-state index contributed by atoms with van der Waals surface area (Å²) in [7, 11) is 0. The van der Waals surface area contributed by atoms with E-state index in [1.165, 1.54) is 0 Å². The number of rotatable bonds is 9. The van der Waals surface area contributed by atoms with Crippen molar-refractivity contribution in [2.24, 2.45) is 0 Å².